The Morgan fingerprint density at radius 2 is 0.861 bits per heavy atom. The van der Waals surface area contributed by atoms with Crippen molar-refractivity contribution in [3.8, 4) is 0 Å². The molecule has 0 aliphatic rings. The van der Waals surface area contributed by atoms with Crippen LogP contribution in [0.15, 0.2) is 12.4 Å². The monoisotopic (exact) mass is 504 g/mol. The maximum absolute atomic E-state index is 2.61. The SMILES string of the molecule is CCCCCCCCCCCCC[n+]1ccn(CCCCCCCCCCCC)c1CCCCCC. The zero-order valence-corrected chi connectivity index (χ0v) is 25.3. The van der Waals surface area contributed by atoms with Gasteiger partial charge >= 0.3 is 0 Å². The number of nitrogens with zero attached hydrogens (tertiary/aromatic N) is 2. The van der Waals surface area contributed by atoms with E-state index in [4.69, 9.17) is 0 Å². The minimum Gasteiger partial charge on any atom is -0.234 e. The number of rotatable bonds is 28. The molecule has 0 saturated carbocycles. The summed E-state index contributed by atoms with van der Waals surface area (Å²) in [5, 5.41) is 0. The van der Waals surface area contributed by atoms with Crippen LogP contribution >= 0.6 is 0 Å². The first kappa shape index (κ1) is 33.2. The number of aromatic nitrogens is 2. The summed E-state index contributed by atoms with van der Waals surface area (Å²) in [5.41, 5.74) is 0. The van der Waals surface area contributed by atoms with Gasteiger partial charge in [-0.2, -0.15) is 0 Å². The fourth-order valence-corrected chi connectivity index (χ4v) is 5.62. The maximum atomic E-state index is 2.61. The Kier molecular flexibility index (Phi) is 23.9. The molecule has 0 saturated heterocycles. The Hall–Kier alpha value is -0.790. The van der Waals surface area contributed by atoms with Crippen LogP contribution in [-0.2, 0) is 19.5 Å². The van der Waals surface area contributed by atoms with Crippen molar-refractivity contribution in [3.63, 3.8) is 0 Å². The van der Waals surface area contributed by atoms with Gasteiger partial charge in [0.05, 0.1) is 13.1 Å². The topological polar surface area (TPSA) is 8.81 Å². The van der Waals surface area contributed by atoms with E-state index in [-0.39, 0.29) is 0 Å². The van der Waals surface area contributed by atoms with Crippen LogP contribution in [0.4, 0.5) is 0 Å². The molecule has 0 bridgehead atoms. The van der Waals surface area contributed by atoms with E-state index in [1.807, 2.05) is 0 Å². The fourth-order valence-electron chi connectivity index (χ4n) is 5.62. The number of imidazole rings is 1. The van der Waals surface area contributed by atoms with E-state index in [1.165, 1.54) is 180 Å². The molecule has 0 aromatic carbocycles. The zero-order valence-electron chi connectivity index (χ0n) is 25.3. The van der Waals surface area contributed by atoms with Crippen molar-refractivity contribution in [3.05, 3.63) is 18.2 Å². The van der Waals surface area contributed by atoms with Crippen LogP contribution in [0.1, 0.15) is 187 Å². The maximum Gasteiger partial charge on any atom is 0.256 e. The largest absolute Gasteiger partial charge is 0.256 e. The van der Waals surface area contributed by atoms with Crippen molar-refractivity contribution >= 4 is 0 Å². The zero-order chi connectivity index (χ0) is 25.9. The van der Waals surface area contributed by atoms with Crippen LogP contribution in [0.2, 0.25) is 0 Å². The van der Waals surface area contributed by atoms with E-state index in [2.05, 4.69) is 42.3 Å². The molecule has 1 aromatic rings. The molecule has 0 spiro atoms. The minimum atomic E-state index is 1.23. The molecule has 36 heavy (non-hydrogen) atoms. The highest BCUT2D eigenvalue weighted by Gasteiger charge is 2.16. The molecule has 0 N–H and O–H groups in total. The van der Waals surface area contributed by atoms with E-state index in [0.717, 1.165) is 0 Å². The summed E-state index contributed by atoms with van der Waals surface area (Å²) in [4.78, 5) is 0. The molecule has 0 fully saturated rings. The molecule has 1 rings (SSSR count). The lowest BCUT2D eigenvalue weighted by Crippen LogP contribution is -2.37. The second kappa shape index (κ2) is 25.8. The van der Waals surface area contributed by atoms with Gasteiger partial charge in [0.2, 0.25) is 0 Å². The summed E-state index contributed by atoms with van der Waals surface area (Å²) in [6.45, 7) is 9.39. The van der Waals surface area contributed by atoms with E-state index in [0.29, 0.717) is 0 Å². The molecule has 212 valence electrons. The van der Waals surface area contributed by atoms with Gasteiger partial charge in [0.25, 0.3) is 5.82 Å². The lowest BCUT2D eigenvalue weighted by Gasteiger charge is -2.07. The molecule has 2 nitrogen and oxygen atoms in total. The Bertz CT molecular complexity index is 562. The Morgan fingerprint density at radius 1 is 0.472 bits per heavy atom. The van der Waals surface area contributed by atoms with Crippen molar-refractivity contribution in [2.45, 2.75) is 201 Å². The summed E-state index contributed by atoms with van der Waals surface area (Å²) in [6, 6.07) is 0. The van der Waals surface area contributed by atoms with Crippen LogP contribution in [0.5, 0.6) is 0 Å². The lowest BCUT2D eigenvalue weighted by molar-refractivity contribution is -0.704. The third-order valence-electron chi connectivity index (χ3n) is 8.10. The Morgan fingerprint density at radius 3 is 1.33 bits per heavy atom. The van der Waals surface area contributed by atoms with Crippen molar-refractivity contribution in [2.75, 3.05) is 0 Å². The predicted molar refractivity (Wildman–Crippen MR) is 161 cm³/mol. The molecule has 0 radical (unpaired) electrons. The third kappa shape index (κ3) is 18.5. The second-order valence-electron chi connectivity index (χ2n) is 11.6. The molecule has 0 aliphatic carbocycles. The van der Waals surface area contributed by atoms with Gasteiger partial charge in [-0.1, -0.05) is 149 Å². The predicted octanol–water partition coefficient (Wildman–Crippen LogP) is 11.1. The van der Waals surface area contributed by atoms with Gasteiger partial charge in [-0.3, -0.25) is 0 Å². The number of unbranched alkanes of at least 4 members (excludes halogenated alkanes) is 22. The summed E-state index contributed by atoms with van der Waals surface area (Å²) < 4.78 is 5.21. The molecular formula is C34H67N2+. The fraction of sp³-hybridized carbons (Fsp3) is 0.912. The number of hydrogen-bond donors (Lipinski definition) is 0. The first-order chi connectivity index (χ1) is 17.8. The highest BCUT2D eigenvalue weighted by Crippen LogP contribution is 2.14. The summed E-state index contributed by atoms with van der Waals surface area (Å²) in [7, 11) is 0. The molecule has 0 atom stereocenters. The number of aryl methyl sites for hydroxylation is 2. The van der Waals surface area contributed by atoms with Gasteiger partial charge < -0.3 is 0 Å². The van der Waals surface area contributed by atoms with Crippen LogP contribution < -0.4 is 4.57 Å². The average molecular weight is 504 g/mol. The van der Waals surface area contributed by atoms with E-state index in [1.54, 1.807) is 5.82 Å². The summed E-state index contributed by atoms with van der Waals surface area (Å²) in [5.74, 6) is 1.61. The van der Waals surface area contributed by atoms with Gasteiger partial charge in [-0.25, -0.2) is 9.13 Å². The molecule has 1 aromatic heterocycles. The van der Waals surface area contributed by atoms with Gasteiger partial charge in [0.15, 0.2) is 0 Å². The second-order valence-corrected chi connectivity index (χ2v) is 11.6. The molecule has 0 amide bonds. The van der Waals surface area contributed by atoms with Crippen molar-refractivity contribution < 1.29 is 4.57 Å². The van der Waals surface area contributed by atoms with Gasteiger partial charge in [-0.05, 0) is 32.1 Å². The van der Waals surface area contributed by atoms with Crippen molar-refractivity contribution in [1.82, 2.24) is 4.57 Å². The minimum absolute atomic E-state index is 1.23. The Balaban J connectivity index is 2.25. The number of hydrogen-bond acceptors (Lipinski definition) is 0. The molecule has 0 aliphatic heterocycles. The molecule has 0 unspecified atom stereocenters. The first-order valence-corrected chi connectivity index (χ1v) is 16.9. The van der Waals surface area contributed by atoms with E-state index in [9.17, 15) is 0 Å². The Labute approximate surface area is 228 Å². The van der Waals surface area contributed by atoms with E-state index < -0.39 is 0 Å². The summed E-state index contributed by atoms with van der Waals surface area (Å²) >= 11 is 0. The van der Waals surface area contributed by atoms with Crippen LogP contribution in [-0.4, -0.2) is 4.57 Å². The summed E-state index contributed by atoms with van der Waals surface area (Å²) in [6.07, 6.45) is 41.5. The smallest absolute Gasteiger partial charge is 0.234 e. The van der Waals surface area contributed by atoms with Crippen LogP contribution in [0.3, 0.4) is 0 Å². The molecule has 2 heteroatoms. The lowest BCUT2D eigenvalue weighted by atomic mass is 10.1. The van der Waals surface area contributed by atoms with Gasteiger partial charge in [0.1, 0.15) is 12.4 Å². The molecule has 1 heterocycles. The highest BCUT2D eigenvalue weighted by molar-refractivity contribution is 4.84. The quantitative estimate of drug-likeness (QED) is 0.0794. The van der Waals surface area contributed by atoms with Crippen LogP contribution in [0.25, 0.3) is 0 Å². The molecular weight excluding hydrogens is 436 g/mol. The van der Waals surface area contributed by atoms with Crippen molar-refractivity contribution in [2.24, 2.45) is 0 Å². The highest BCUT2D eigenvalue weighted by atomic mass is 15.1. The first-order valence-electron chi connectivity index (χ1n) is 16.9. The van der Waals surface area contributed by atoms with Gasteiger partial charge in [-0.15, -0.1) is 0 Å². The van der Waals surface area contributed by atoms with Crippen LogP contribution in [0, 0.1) is 0 Å². The normalized spacial score (nSPS) is 11.5. The van der Waals surface area contributed by atoms with Crippen molar-refractivity contribution in [1.29, 1.82) is 0 Å². The third-order valence-corrected chi connectivity index (χ3v) is 8.10. The average Bonchev–Trinajstić information content (AvgIpc) is 3.27. The standard InChI is InChI=1S/C34H67N2/c1-4-7-10-13-15-17-19-21-23-25-28-31-36-33-32-35(34(36)29-26-12-9-6-3)30-27-24-22-20-18-16-14-11-8-5-2/h32-33H,4-31H2,1-3H3/q+1. The van der Waals surface area contributed by atoms with E-state index >= 15 is 0 Å². The van der Waals surface area contributed by atoms with Gasteiger partial charge in [0, 0.05) is 6.42 Å².